The second-order valence-corrected chi connectivity index (χ2v) is 4.48. The Labute approximate surface area is 110 Å². The Morgan fingerprint density at radius 1 is 1.11 bits per heavy atom. The summed E-state index contributed by atoms with van der Waals surface area (Å²) in [6, 6.07) is 8.40. The van der Waals surface area contributed by atoms with Crippen LogP contribution in [0.15, 0.2) is 47.1 Å². The number of rotatable bonds is 2. The Hall–Kier alpha value is -1.56. The van der Waals surface area contributed by atoms with Crippen molar-refractivity contribution in [2.24, 2.45) is 0 Å². The van der Waals surface area contributed by atoms with Gasteiger partial charge in [-0.25, -0.2) is 4.98 Å². The van der Waals surface area contributed by atoms with Crippen LogP contribution in [0.2, 0.25) is 0 Å². The predicted molar refractivity (Wildman–Crippen MR) is 66.7 cm³/mol. The topological polar surface area (TPSA) is 24.9 Å². The van der Waals surface area contributed by atoms with E-state index in [-0.39, 0.29) is 0 Å². The molecular formula is C12H8BrF3N2. The van der Waals surface area contributed by atoms with Crippen molar-refractivity contribution in [3.63, 3.8) is 0 Å². The number of pyridine rings is 1. The van der Waals surface area contributed by atoms with E-state index in [4.69, 9.17) is 0 Å². The van der Waals surface area contributed by atoms with E-state index < -0.39 is 11.7 Å². The fourth-order valence-corrected chi connectivity index (χ4v) is 1.61. The second-order valence-electron chi connectivity index (χ2n) is 3.57. The van der Waals surface area contributed by atoms with E-state index in [1.54, 1.807) is 24.4 Å². The van der Waals surface area contributed by atoms with E-state index >= 15 is 0 Å². The van der Waals surface area contributed by atoms with Crippen molar-refractivity contribution in [1.29, 1.82) is 0 Å². The molecule has 0 unspecified atom stereocenters. The van der Waals surface area contributed by atoms with Crippen LogP contribution >= 0.6 is 15.9 Å². The Morgan fingerprint density at radius 2 is 1.89 bits per heavy atom. The standard InChI is InChI=1S/C12H8BrF3N2/c13-9-4-5-11(17-7-9)18-10-3-1-2-8(6-10)12(14,15)16/h1-7H,(H,17,18). The van der Waals surface area contributed by atoms with Gasteiger partial charge in [-0.3, -0.25) is 0 Å². The summed E-state index contributed by atoms with van der Waals surface area (Å²) in [4.78, 5) is 4.03. The molecule has 1 N–H and O–H groups in total. The molecular weight excluding hydrogens is 309 g/mol. The van der Waals surface area contributed by atoms with Crippen LogP contribution in [0, 0.1) is 0 Å². The highest BCUT2D eigenvalue weighted by atomic mass is 79.9. The largest absolute Gasteiger partial charge is 0.416 e. The van der Waals surface area contributed by atoms with E-state index in [1.807, 2.05) is 0 Å². The smallest absolute Gasteiger partial charge is 0.340 e. The Balaban J connectivity index is 2.22. The molecule has 0 aliphatic carbocycles. The number of benzene rings is 1. The van der Waals surface area contributed by atoms with Gasteiger partial charge in [0.25, 0.3) is 0 Å². The van der Waals surface area contributed by atoms with Crippen LogP contribution < -0.4 is 5.32 Å². The highest BCUT2D eigenvalue weighted by Gasteiger charge is 2.30. The molecule has 0 spiro atoms. The fraction of sp³-hybridized carbons (Fsp3) is 0.0833. The van der Waals surface area contributed by atoms with Crippen LogP contribution in [-0.2, 0) is 6.18 Å². The van der Waals surface area contributed by atoms with Gasteiger partial charge in [-0.15, -0.1) is 0 Å². The first kappa shape index (κ1) is 12.9. The minimum absolute atomic E-state index is 0.347. The zero-order valence-corrected chi connectivity index (χ0v) is 10.6. The molecule has 0 radical (unpaired) electrons. The molecule has 2 rings (SSSR count). The first-order chi connectivity index (χ1) is 8.45. The van der Waals surface area contributed by atoms with E-state index in [2.05, 4.69) is 26.2 Å². The number of hydrogen-bond acceptors (Lipinski definition) is 2. The molecule has 0 saturated carbocycles. The lowest BCUT2D eigenvalue weighted by molar-refractivity contribution is -0.137. The molecule has 0 atom stereocenters. The van der Waals surface area contributed by atoms with Crippen LogP contribution in [0.1, 0.15) is 5.56 Å². The molecule has 0 aliphatic rings. The molecule has 2 nitrogen and oxygen atoms in total. The lowest BCUT2D eigenvalue weighted by Crippen LogP contribution is -2.05. The minimum atomic E-state index is -4.34. The summed E-state index contributed by atoms with van der Waals surface area (Å²) in [7, 11) is 0. The van der Waals surface area contributed by atoms with Gasteiger partial charge >= 0.3 is 6.18 Å². The van der Waals surface area contributed by atoms with Crippen molar-refractivity contribution in [2.75, 3.05) is 5.32 Å². The molecule has 18 heavy (non-hydrogen) atoms. The maximum absolute atomic E-state index is 12.5. The third-order valence-electron chi connectivity index (χ3n) is 2.19. The minimum Gasteiger partial charge on any atom is -0.340 e. The van der Waals surface area contributed by atoms with E-state index in [0.717, 1.165) is 16.6 Å². The SMILES string of the molecule is FC(F)(F)c1cccc(Nc2ccc(Br)cn2)c1. The Kier molecular flexibility index (Phi) is 3.56. The summed E-state index contributed by atoms with van der Waals surface area (Å²) in [6.45, 7) is 0. The van der Waals surface area contributed by atoms with Gasteiger partial charge in [0.1, 0.15) is 5.82 Å². The number of nitrogens with zero attached hydrogens (tertiary/aromatic N) is 1. The molecule has 0 amide bonds. The van der Waals surface area contributed by atoms with Gasteiger partial charge in [-0.05, 0) is 46.3 Å². The van der Waals surface area contributed by atoms with E-state index in [1.165, 1.54) is 6.07 Å². The summed E-state index contributed by atoms with van der Waals surface area (Å²) in [6.07, 6.45) is -2.78. The fourth-order valence-electron chi connectivity index (χ4n) is 1.37. The summed E-state index contributed by atoms with van der Waals surface area (Å²) in [5, 5.41) is 2.81. The summed E-state index contributed by atoms with van der Waals surface area (Å²) >= 11 is 3.23. The van der Waals surface area contributed by atoms with Gasteiger partial charge < -0.3 is 5.32 Å². The lowest BCUT2D eigenvalue weighted by Gasteiger charge is -2.10. The maximum atomic E-state index is 12.5. The molecule has 0 fully saturated rings. The van der Waals surface area contributed by atoms with Gasteiger partial charge in [0, 0.05) is 16.4 Å². The average Bonchev–Trinajstić information content (AvgIpc) is 2.31. The van der Waals surface area contributed by atoms with Crippen LogP contribution in [0.3, 0.4) is 0 Å². The van der Waals surface area contributed by atoms with Gasteiger partial charge in [0.2, 0.25) is 0 Å². The summed E-state index contributed by atoms with van der Waals surface area (Å²) < 4.78 is 38.3. The zero-order valence-electron chi connectivity index (χ0n) is 9.00. The van der Waals surface area contributed by atoms with Crippen LogP contribution in [0.4, 0.5) is 24.7 Å². The number of hydrogen-bond donors (Lipinski definition) is 1. The van der Waals surface area contributed by atoms with Crippen molar-refractivity contribution >= 4 is 27.4 Å². The highest BCUT2D eigenvalue weighted by Crippen LogP contribution is 2.31. The van der Waals surface area contributed by atoms with E-state index in [0.29, 0.717) is 11.5 Å². The molecule has 1 heterocycles. The molecule has 1 aromatic heterocycles. The van der Waals surface area contributed by atoms with Crippen molar-refractivity contribution in [3.8, 4) is 0 Å². The molecule has 0 aliphatic heterocycles. The highest BCUT2D eigenvalue weighted by molar-refractivity contribution is 9.10. The first-order valence-corrected chi connectivity index (χ1v) is 5.80. The monoisotopic (exact) mass is 316 g/mol. The van der Waals surface area contributed by atoms with Gasteiger partial charge in [0.05, 0.1) is 5.56 Å². The zero-order chi connectivity index (χ0) is 13.2. The molecule has 0 saturated heterocycles. The normalized spacial score (nSPS) is 11.3. The molecule has 1 aromatic carbocycles. The number of halogens is 4. The van der Waals surface area contributed by atoms with Crippen LogP contribution in [0.5, 0.6) is 0 Å². The number of alkyl halides is 3. The van der Waals surface area contributed by atoms with Crippen molar-refractivity contribution in [3.05, 3.63) is 52.6 Å². The molecule has 6 heteroatoms. The molecule has 0 bridgehead atoms. The lowest BCUT2D eigenvalue weighted by atomic mass is 10.2. The third kappa shape index (κ3) is 3.22. The molecule has 94 valence electrons. The van der Waals surface area contributed by atoms with Gasteiger partial charge in [0.15, 0.2) is 0 Å². The molecule has 2 aromatic rings. The van der Waals surface area contributed by atoms with Gasteiger partial charge in [-0.2, -0.15) is 13.2 Å². The average molecular weight is 317 g/mol. The van der Waals surface area contributed by atoms with Crippen molar-refractivity contribution in [2.45, 2.75) is 6.18 Å². The Morgan fingerprint density at radius 3 is 2.50 bits per heavy atom. The van der Waals surface area contributed by atoms with Crippen LogP contribution in [-0.4, -0.2) is 4.98 Å². The predicted octanol–water partition coefficient (Wildman–Crippen LogP) is 4.61. The number of aromatic nitrogens is 1. The van der Waals surface area contributed by atoms with E-state index in [9.17, 15) is 13.2 Å². The summed E-state index contributed by atoms with van der Waals surface area (Å²) in [5.74, 6) is 0.484. The maximum Gasteiger partial charge on any atom is 0.416 e. The van der Waals surface area contributed by atoms with Crippen LogP contribution in [0.25, 0.3) is 0 Å². The number of anilines is 2. The third-order valence-corrected chi connectivity index (χ3v) is 2.66. The quantitative estimate of drug-likeness (QED) is 0.875. The number of nitrogens with one attached hydrogen (secondary N) is 1. The first-order valence-electron chi connectivity index (χ1n) is 5.01. The van der Waals surface area contributed by atoms with Crippen molar-refractivity contribution in [1.82, 2.24) is 4.98 Å². The summed E-state index contributed by atoms with van der Waals surface area (Å²) in [5.41, 5.74) is -0.343. The van der Waals surface area contributed by atoms with Gasteiger partial charge in [-0.1, -0.05) is 6.07 Å². The Bertz CT molecular complexity index is 538. The second kappa shape index (κ2) is 4.97. The van der Waals surface area contributed by atoms with Crippen molar-refractivity contribution < 1.29 is 13.2 Å².